The lowest BCUT2D eigenvalue weighted by Gasteiger charge is -2.25. The lowest BCUT2D eigenvalue weighted by atomic mass is 9.95. The van der Waals surface area contributed by atoms with Crippen LogP contribution in [0.15, 0.2) is 84.4 Å². The van der Waals surface area contributed by atoms with Crippen LogP contribution < -0.4 is 9.64 Å². The summed E-state index contributed by atoms with van der Waals surface area (Å²) >= 11 is 0. The van der Waals surface area contributed by atoms with Gasteiger partial charge in [-0.25, -0.2) is 0 Å². The van der Waals surface area contributed by atoms with E-state index >= 15 is 0 Å². The molecule has 3 aromatic rings. The number of Topliss-reactive ketones (excluding diaryl/α,β-unsaturated/α-hetero) is 1. The van der Waals surface area contributed by atoms with Crippen molar-refractivity contribution in [1.29, 1.82) is 0 Å². The highest BCUT2D eigenvalue weighted by Crippen LogP contribution is 2.42. The van der Waals surface area contributed by atoms with Gasteiger partial charge in [-0.1, -0.05) is 60.2 Å². The van der Waals surface area contributed by atoms with Gasteiger partial charge in [0.2, 0.25) is 0 Å². The number of hydrogen-bond donors (Lipinski definition) is 1. The predicted octanol–water partition coefficient (Wildman–Crippen LogP) is 4.63. The molecule has 1 fully saturated rings. The number of amides is 1. The molecule has 0 bridgehead atoms. The van der Waals surface area contributed by atoms with Crippen LogP contribution in [0.25, 0.3) is 5.76 Å². The van der Waals surface area contributed by atoms with E-state index in [2.05, 4.69) is 0 Å². The Labute approximate surface area is 174 Å². The molecule has 1 N–H and O–H groups in total. The molecule has 3 aromatic carbocycles. The molecule has 5 heteroatoms. The topological polar surface area (TPSA) is 66.8 Å². The smallest absolute Gasteiger partial charge is 0.300 e. The summed E-state index contributed by atoms with van der Waals surface area (Å²) in [6, 6.07) is 22.6. The molecule has 0 radical (unpaired) electrons. The summed E-state index contributed by atoms with van der Waals surface area (Å²) in [5.74, 6) is -0.926. The molecule has 1 saturated heterocycles. The van der Waals surface area contributed by atoms with Gasteiger partial charge in [-0.15, -0.1) is 0 Å². The van der Waals surface area contributed by atoms with Gasteiger partial charge < -0.3 is 9.84 Å². The van der Waals surface area contributed by atoms with Crippen LogP contribution in [0.4, 0.5) is 5.69 Å². The molecule has 150 valence electrons. The Hall–Kier alpha value is -3.86. The minimum atomic E-state index is -0.735. The van der Waals surface area contributed by atoms with Crippen LogP contribution in [0.5, 0.6) is 5.75 Å². The number of rotatable bonds is 4. The summed E-state index contributed by atoms with van der Waals surface area (Å²) in [7, 11) is 1.56. The maximum atomic E-state index is 13.0. The van der Waals surface area contributed by atoms with E-state index in [9.17, 15) is 14.7 Å². The van der Waals surface area contributed by atoms with E-state index in [-0.39, 0.29) is 11.3 Å². The molecule has 1 atom stereocenters. The molecule has 1 amide bonds. The van der Waals surface area contributed by atoms with Gasteiger partial charge in [0.05, 0.1) is 18.7 Å². The van der Waals surface area contributed by atoms with E-state index in [1.165, 1.54) is 4.90 Å². The number of anilines is 1. The Balaban J connectivity index is 1.90. The third kappa shape index (κ3) is 3.35. The summed E-state index contributed by atoms with van der Waals surface area (Å²) in [5, 5.41) is 11.0. The Kier molecular flexibility index (Phi) is 5.11. The number of aryl methyl sites for hydroxylation is 1. The number of aliphatic hydroxyl groups excluding tert-OH is 1. The predicted molar refractivity (Wildman–Crippen MR) is 115 cm³/mol. The molecule has 1 aliphatic heterocycles. The second kappa shape index (κ2) is 7.87. The van der Waals surface area contributed by atoms with Crippen molar-refractivity contribution in [2.75, 3.05) is 12.0 Å². The normalized spacial score (nSPS) is 17.9. The Morgan fingerprint density at radius 3 is 2.13 bits per heavy atom. The van der Waals surface area contributed by atoms with E-state index in [4.69, 9.17) is 4.74 Å². The van der Waals surface area contributed by atoms with Crippen LogP contribution in [-0.2, 0) is 9.59 Å². The molecular weight excluding hydrogens is 378 g/mol. The molecule has 0 aromatic heterocycles. The maximum absolute atomic E-state index is 13.0. The van der Waals surface area contributed by atoms with Crippen LogP contribution in [0.3, 0.4) is 0 Å². The molecule has 4 rings (SSSR count). The van der Waals surface area contributed by atoms with Crippen molar-refractivity contribution in [3.05, 3.63) is 101 Å². The number of nitrogens with zero attached hydrogens (tertiary/aromatic N) is 1. The fraction of sp³-hybridized carbons (Fsp3) is 0.120. The summed E-state index contributed by atoms with van der Waals surface area (Å²) in [4.78, 5) is 27.5. The van der Waals surface area contributed by atoms with Crippen molar-refractivity contribution in [1.82, 2.24) is 0 Å². The van der Waals surface area contributed by atoms with E-state index in [1.54, 1.807) is 43.5 Å². The maximum Gasteiger partial charge on any atom is 0.300 e. The largest absolute Gasteiger partial charge is 0.507 e. The summed E-state index contributed by atoms with van der Waals surface area (Å²) in [5.41, 5.74) is 2.89. The first-order valence-electron chi connectivity index (χ1n) is 9.58. The SMILES string of the molecule is COc1ccc(N2C(=O)C(=O)/C(=C(/O)c3ccc(C)cc3)C2c2ccccc2)cc1. The number of benzene rings is 3. The summed E-state index contributed by atoms with van der Waals surface area (Å²) < 4.78 is 5.20. The van der Waals surface area contributed by atoms with Crippen molar-refractivity contribution < 1.29 is 19.4 Å². The highest BCUT2D eigenvalue weighted by atomic mass is 16.5. The van der Waals surface area contributed by atoms with Crippen LogP contribution in [0.1, 0.15) is 22.7 Å². The van der Waals surface area contributed by atoms with Crippen molar-refractivity contribution in [3.63, 3.8) is 0 Å². The lowest BCUT2D eigenvalue weighted by Crippen LogP contribution is -2.29. The average Bonchev–Trinajstić information content (AvgIpc) is 3.05. The van der Waals surface area contributed by atoms with E-state index in [0.29, 0.717) is 17.0 Å². The minimum Gasteiger partial charge on any atom is -0.507 e. The first kappa shape index (κ1) is 19.5. The van der Waals surface area contributed by atoms with Gasteiger partial charge in [-0.3, -0.25) is 14.5 Å². The zero-order valence-electron chi connectivity index (χ0n) is 16.7. The number of carbonyl (C=O) groups excluding carboxylic acids is 2. The first-order valence-corrected chi connectivity index (χ1v) is 9.58. The number of aliphatic hydroxyl groups is 1. The highest BCUT2D eigenvalue weighted by Gasteiger charge is 2.46. The van der Waals surface area contributed by atoms with Gasteiger partial charge in [0.15, 0.2) is 0 Å². The van der Waals surface area contributed by atoms with Gasteiger partial charge in [0, 0.05) is 11.3 Å². The minimum absolute atomic E-state index is 0.0749. The first-order chi connectivity index (χ1) is 14.5. The van der Waals surface area contributed by atoms with E-state index in [1.807, 2.05) is 49.4 Å². The van der Waals surface area contributed by atoms with Crippen molar-refractivity contribution >= 4 is 23.1 Å². The van der Waals surface area contributed by atoms with Crippen molar-refractivity contribution in [2.45, 2.75) is 13.0 Å². The van der Waals surface area contributed by atoms with E-state index in [0.717, 1.165) is 11.1 Å². The van der Waals surface area contributed by atoms with Crippen molar-refractivity contribution in [2.24, 2.45) is 0 Å². The zero-order valence-corrected chi connectivity index (χ0v) is 16.7. The van der Waals surface area contributed by atoms with Crippen LogP contribution in [0.2, 0.25) is 0 Å². The third-order valence-electron chi connectivity index (χ3n) is 5.24. The number of ether oxygens (including phenoxy) is 1. The Bertz CT molecular complexity index is 1120. The van der Waals surface area contributed by atoms with Gasteiger partial charge in [0.25, 0.3) is 11.7 Å². The molecular formula is C25H21NO4. The van der Waals surface area contributed by atoms with E-state index < -0.39 is 17.7 Å². The highest BCUT2D eigenvalue weighted by molar-refractivity contribution is 6.51. The zero-order chi connectivity index (χ0) is 21.3. The molecule has 1 heterocycles. The lowest BCUT2D eigenvalue weighted by molar-refractivity contribution is -0.132. The fourth-order valence-corrected chi connectivity index (χ4v) is 3.66. The van der Waals surface area contributed by atoms with Crippen molar-refractivity contribution in [3.8, 4) is 5.75 Å². The van der Waals surface area contributed by atoms with Gasteiger partial charge in [-0.05, 0) is 36.8 Å². The average molecular weight is 399 g/mol. The van der Waals surface area contributed by atoms with Crippen LogP contribution in [0, 0.1) is 6.92 Å². The third-order valence-corrected chi connectivity index (χ3v) is 5.24. The molecule has 0 aliphatic carbocycles. The molecule has 1 aliphatic rings. The molecule has 0 saturated carbocycles. The van der Waals surface area contributed by atoms with Gasteiger partial charge >= 0.3 is 0 Å². The van der Waals surface area contributed by atoms with Crippen LogP contribution in [-0.4, -0.2) is 23.9 Å². The molecule has 1 unspecified atom stereocenters. The summed E-state index contributed by atoms with van der Waals surface area (Å²) in [6.07, 6.45) is 0. The number of hydrogen-bond acceptors (Lipinski definition) is 4. The summed E-state index contributed by atoms with van der Waals surface area (Å²) in [6.45, 7) is 1.94. The van der Waals surface area contributed by atoms with Gasteiger partial charge in [0.1, 0.15) is 11.5 Å². The van der Waals surface area contributed by atoms with Crippen LogP contribution >= 0.6 is 0 Å². The van der Waals surface area contributed by atoms with Gasteiger partial charge in [-0.2, -0.15) is 0 Å². The fourth-order valence-electron chi connectivity index (χ4n) is 3.66. The molecule has 0 spiro atoms. The quantitative estimate of drug-likeness (QED) is 0.395. The molecule has 30 heavy (non-hydrogen) atoms. The number of ketones is 1. The Morgan fingerprint density at radius 1 is 0.900 bits per heavy atom. The monoisotopic (exact) mass is 399 g/mol. The Morgan fingerprint density at radius 2 is 1.53 bits per heavy atom. The number of methoxy groups -OCH3 is 1. The standard InChI is InChI=1S/C25H21NO4/c1-16-8-10-18(11-9-16)23(27)21-22(17-6-4-3-5-7-17)26(25(29)24(21)28)19-12-14-20(30-2)15-13-19/h3-15,22,27H,1-2H3/b23-21+. The number of carbonyl (C=O) groups is 2. The second-order valence-electron chi connectivity index (χ2n) is 7.14. The molecule has 5 nitrogen and oxygen atoms in total. The second-order valence-corrected chi connectivity index (χ2v) is 7.14.